The van der Waals surface area contributed by atoms with Crippen molar-refractivity contribution in [3.05, 3.63) is 75.4 Å². The molecule has 31 heavy (non-hydrogen) atoms. The molecule has 0 spiro atoms. The molecule has 0 amide bonds. The molecule has 5 rings (SSSR count). The zero-order valence-electron chi connectivity index (χ0n) is 18.1. The third kappa shape index (κ3) is 3.72. The summed E-state index contributed by atoms with van der Waals surface area (Å²) in [5.41, 5.74) is 6.59. The summed E-state index contributed by atoms with van der Waals surface area (Å²) in [5.74, 6) is 0.667. The number of anilines is 2. The molecular weight excluding hydrogens is 404 g/mol. The lowest BCUT2D eigenvalue weighted by molar-refractivity contribution is 0.543. The summed E-state index contributed by atoms with van der Waals surface area (Å²) >= 11 is 1.46. The van der Waals surface area contributed by atoms with Crippen LogP contribution in [0.15, 0.2) is 58.7 Å². The molecule has 0 aliphatic carbocycles. The van der Waals surface area contributed by atoms with Gasteiger partial charge in [-0.1, -0.05) is 42.0 Å². The smallest absolute Gasteiger partial charge is 0.270 e. The maximum absolute atomic E-state index is 12.8. The zero-order chi connectivity index (χ0) is 21.5. The second kappa shape index (κ2) is 7.85. The third-order valence-corrected chi connectivity index (χ3v) is 6.97. The van der Waals surface area contributed by atoms with Crippen LogP contribution in [0.3, 0.4) is 0 Å². The Morgan fingerprint density at radius 1 is 1.06 bits per heavy atom. The van der Waals surface area contributed by atoms with Crippen LogP contribution in [0.1, 0.15) is 18.1 Å². The van der Waals surface area contributed by atoms with Gasteiger partial charge in [-0.05, 0) is 44.0 Å². The van der Waals surface area contributed by atoms with Gasteiger partial charge in [0.2, 0.25) is 5.95 Å². The number of hydrogen-bond acceptors (Lipinski definition) is 5. The highest BCUT2D eigenvalue weighted by molar-refractivity contribution is 7.17. The number of aryl methyl sites for hydroxylation is 2. The van der Waals surface area contributed by atoms with E-state index in [0.29, 0.717) is 16.7 Å². The molecule has 1 aliphatic heterocycles. The van der Waals surface area contributed by atoms with E-state index in [1.54, 1.807) is 0 Å². The van der Waals surface area contributed by atoms with Crippen molar-refractivity contribution in [1.29, 1.82) is 0 Å². The van der Waals surface area contributed by atoms with Crippen molar-refractivity contribution in [3.63, 3.8) is 0 Å². The number of aromatic amines is 1. The van der Waals surface area contributed by atoms with Crippen LogP contribution < -0.4 is 15.4 Å². The molecule has 2 aromatic heterocycles. The van der Waals surface area contributed by atoms with Crippen molar-refractivity contribution in [1.82, 2.24) is 9.97 Å². The van der Waals surface area contributed by atoms with E-state index in [1.807, 2.05) is 5.38 Å². The molecule has 6 heteroatoms. The van der Waals surface area contributed by atoms with Gasteiger partial charge in [0.25, 0.3) is 5.56 Å². The molecule has 1 saturated heterocycles. The first-order chi connectivity index (χ1) is 15.0. The van der Waals surface area contributed by atoms with Gasteiger partial charge >= 0.3 is 0 Å². The van der Waals surface area contributed by atoms with E-state index < -0.39 is 0 Å². The van der Waals surface area contributed by atoms with Crippen molar-refractivity contribution in [2.45, 2.75) is 26.8 Å². The number of hydrogen-bond donors (Lipinski definition) is 1. The monoisotopic (exact) mass is 430 g/mol. The normalized spacial score (nSPS) is 16.8. The predicted molar refractivity (Wildman–Crippen MR) is 131 cm³/mol. The molecule has 0 radical (unpaired) electrons. The lowest BCUT2D eigenvalue weighted by Gasteiger charge is -2.41. The standard InChI is InChI=1S/C25H26N4OS/c1-16-6-4-8-19(12-16)21-15-31-23-22(21)26-25(27-24(23)30)28-10-11-29(18(3)14-28)20-9-5-7-17(2)13-20/h4-9,12-13,15,18H,10-11,14H2,1-3H3,(H,26,27,30)/t18-/m1/s1. The summed E-state index contributed by atoms with van der Waals surface area (Å²) in [7, 11) is 0. The topological polar surface area (TPSA) is 52.2 Å². The van der Waals surface area contributed by atoms with Crippen molar-refractivity contribution in [2.24, 2.45) is 0 Å². The summed E-state index contributed by atoms with van der Waals surface area (Å²) in [5, 5.41) is 2.05. The molecule has 1 N–H and O–H groups in total. The van der Waals surface area contributed by atoms with E-state index in [0.717, 1.165) is 36.3 Å². The molecule has 5 nitrogen and oxygen atoms in total. The minimum Gasteiger partial charge on any atom is -0.365 e. The maximum atomic E-state index is 12.8. The van der Waals surface area contributed by atoms with Gasteiger partial charge in [0.05, 0.1) is 5.52 Å². The lowest BCUT2D eigenvalue weighted by atomic mass is 10.1. The zero-order valence-corrected chi connectivity index (χ0v) is 18.9. The van der Waals surface area contributed by atoms with Gasteiger partial charge in [-0.25, -0.2) is 4.98 Å². The summed E-state index contributed by atoms with van der Waals surface area (Å²) in [6.07, 6.45) is 0. The van der Waals surface area contributed by atoms with Gasteiger partial charge < -0.3 is 9.80 Å². The molecule has 1 atom stereocenters. The minimum absolute atomic E-state index is 0.0577. The highest BCUT2D eigenvalue weighted by atomic mass is 32.1. The fourth-order valence-corrected chi connectivity index (χ4v) is 5.33. The molecule has 158 valence electrons. The Balaban J connectivity index is 1.47. The van der Waals surface area contributed by atoms with Gasteiger partial charge in [-0.3, -0.25) is 9.78 Å². The second-order valence-electron chi connectivity index (χ2n) is 8.41. The predicted octanol–water partition coefficient (Wildman–Crippen LogP) is 4.98. The average Bonchev–Trinajstić information content (AvgIpc) is 3.18. The van der Waals surface area contributed by atoms with Crippen molar-refractivity contribution in [3.8, 4) is 11.1 Å². The molecule has 0 unspecified atom stereocenters. The number of piperazine rings is 1. The summed E-state index contributed by atoms with van der Waals surface area (Å²) in [6, 6.07) is 17.3. The Kier molecular flexibility index (Phi) is 5.02. The average molecular weight is 431 g/mol. The van der Waals surface area contributed by atoms with Crippen LogP contribution >= 0.6 is 11.3 Å². The van der Waals surface area contributed by atoms with E-state index >= 15 is 0 Å². The molecule has 2 aromatic carbocycles. The fraction of sp³-hybridized carbons (Fsp3) is 0.280. The van der Waals surface area contributed by atoms with Gasteiger partial charge in [0.1, 0.15) is 4.70 Å². The summed E-state index contributed by atoms with van der Waals surface area (Å²) in [6.45, 7) is 8.96. The molecule has 1 fully saturated rings. The molecule has 0 bridgehead atoms. The Hall–Kier alpha value is -3.12. The number of H-pyrrole nitrogens is 1. The molecule has 1 aliphatic rings. The largest absolute Gasteiger partial charge is 0.365 e. The second-order valence-corrected chi connectivity index (χ2v) is 9.29. The van der Waals surface area contributed by atoms with E-state index in [-0.39, 0.29) is 5.56 Å². The van der Waals surface area contributed by atoms with E-state index in [1.165, 1.54) is 28.2 Å². The number of thiophene rings is 1. The first kappa shape index (κ1) is 19.8. The van der Waals surface area contributed by atoms with Gasteiger partial charge in [-0.15, -0.1) is 11.3 Å². The van der Waals surface area contributed by atoms with Crippen LogP contribution in [0.2, 0.25) is 0 Å². The summed E-state index contributed by atoms with van der Waals surface area (Å²) in [4.78, 5) is 25.4. The van der Waals surface area contributed by atoms with Crippen molar-refractivity contribution >= 4 is 33.2 Å². The maximum Gasteiger partial charge on any atom is 0.270 e. The Morgan fingerprint density at radius 2 is 1.84 bits per heavy atom. The first-order valence-corrected chi connectivity index (χ1v) is 11.5. The molecule has 0 saturated carbocycles. The molecule has 4 aromatic rings. The SMILES string of the molecule is Cc1cccc(-c2csc3c(=O)[nH]c(N4CCN(c5cccc(C)c5)[C@H](C)C4)nc23)c1. The number of benzene rings is 2. The number of fused-ring (bicyclic) bond motifs is 1. The Labute approximate surface area is 186 Å². The summed E-state index contributed by atoms with van der Waals surface area (Å²) < 4.78 is 0.687. The lowest BCUT2D eigenvalue weighted by Crippen LogP contribution is -2.52. The first-order valence-electron chi connectivity index (χ1n) is 10.7. The van der Waals surface area contributed by atoms with Crippen LogP contribution in [0.4, 0.5) is 11.6 Å². The van der Waals surface area contributed by atoms with Crippen molar-refractivity contribution < 1.29 is 0 Å². The number of nitrogens with zero attached hydrogens (tertiary/aromatic N) is 3. The van der Waals surface area contributed by atoms with E-state index in [9.17, 15) is 4.79 Å². The highest BCUT2D eigenvalue weighted by Gasteiger charge is 2.26. The third-order valence-electron chi connectivity index (χ3n) is 6.00. The number of aromatic nitrogens is 2. The Morgan fingerprint density at radius 3 is 2.58 bits per heavy atom. The quantitative estimate of drug-likeness (QED) is 0.498. The minimum atomic E-state index is -0.0577. The highest BCUT2D eigenvalue weighted by Crippen LogP contribution is 2.32. The van der Waals surface area contributed by atoms with Gasteiger partial charge in [-0.2, -0.15) is 0 Å². The Bertz CT molecular complexity index is 1310. The fourth-order valence-electron chi connectivity index (χ4n) is 4.42. The van der Waals surface area contributed by atoms with Crippen LogP contribution in [-0.2, 0) is 0 Å². The van der Waals surface area contributed by atoms with Crippen LogP contribution in [0.5, 0.6) is 0 Å². The molecular formula is C25H26N4OS. The number of nitrogens with one attached hydrogen (secondary N) is 1. The van der Waals surface area contributed by atoms with Crippen molar-refractivity contribution in [2.75, 3.05) is 29.4 Å². The van der Waals surface area contributed by atoms with E-state index in [2.05, 4.69) is 84.1 Å². The van der Waals surface area contributed by atoms with Crippen LogP contribution in [0, 0.1) is 13.8 Å². The van der Waals surface area contributed by atoms with E-state index in [4.69, 9.17) is 4.98 Å². The molecule has 3 heterocycles. The van der Waals surface area contributed by atoms with Crippen LogP contribution in [0.25, 0.3) is 21.3 Å². The van der Waals surface area contributed by atoms with Gasteiger partial charge in [0.15, 0.2) is 0 Å². The van der Waals surface area contributed by atoms with Gasteiger partial charge in [0, 0.05) is 42.3 Å². The van der Waals surface area contributed by atoms with Crippen LogP contribution in [-0.4, -0.2) is 35.6 Å². The number of rotatable bonds is 3.